The molecule has 0 aliphatic rings. The minimum Gasteiger partial charge on any atom is -0.379 e. The maximum atomic E-state index is 11.3. The van der Waals surface area contributed by atoms with Crippen molar-refractivity contribution >= 4 is 5.78 Å². The molecule has 0 atom stereocenters. The molecule has 0 aromatic carbocycles. The van der Waals surface area contributed by atoms with E-state index in [4.69, 9.17) is 14.2 Å². The summed E-state index contributed by atoms with van der Waals surface area (Å²) >= 11 is 0. The molecular weight excluding hydrogens is 256 g/mol. The Labute approximate surface area is 124 Å². The summed E-state index contributed by atoms with van der Waals surface area (Å²) in [7, 11) is 0. The van der Waals surface area contributed by atoms with Crippen molar-refractivity contribution in [3.63, 3.8) is 0 Å². The van der Waals surface area contributed by atoms with Crippen LogP contribution in [0.5, 0.6) is 0 Å². The molecule has 20 heavy (non-hydrogen) atoms. The molecule has 0 amide bonds. The van der Waals surface area contributed by atoms with Crippen molar-refractivity contribution in [2.75, 3.05) is 33.0 Å². The number of hydrogen-bond acceptors (Lipinski definition) is 4. The van der Waals surface area contributed by atoms with E-state index in [1.165, 1.54) is 0 Å². The van der Waals surface area contributed by atoms with Crippen molar-refractivity contribution < 1.29 is 19.0 Å². The third-order valence-electron chi connectivity index (χ3n) is 2.89. The van der Waals surface area contributed by atoms with Crippen LogP contribution in [0.2, 0.25) is 0 Å². The Morgan fingerprint density at radius 2 is 1.40 bits per heavy atom. The van der Waals surface area contributed by atoms with Gasteiger partial charge >= 0.3 is 0 Å². The predicted molar refractivity (Wildman–Crippen MR) is 81.0 cm³/mol. The maximum Gasteiger partial charge on any atom is 0.137 e. The average Bonchev–Trinajstić information content (AvgIpc) is 2.39. The molecule has 4 heteroatoms. The van der Waals surface area contributed by atoms with E-state index in [1.54, 1.807) is 0 Å². The molecule has 0 saturated heterocycles. The number of Topliss-reactive ketones (excluding diaryl/α,β-unsaturated/α-hetero) is 1. The zero-order valence-electron chi connectivity index (χ0n) is 13.7. The zero-order valence-corrected chi connectivity index (χ0v) is 13.7. The third-order valence-corrected chi connectivity index (χ3v) is 2.89. The summed E-state index contributed by atoms with van der Waals surface area (Å²) in [6.45, 7) is 11.2. The molecule has 0 spiro atoms. The van der Waals surface area contributed by atoms with Gasteiger partial charge in [-0.15, -0.1) is 0 Å². The molecule has 0 saturated carbocycles. The largest absolute Gasteiger partial charge is 0.379 e. The monoisotopic (exact) mass is 288 g/mol. The molecule has 0 aliphatic heterocycles. The van der Waals surface area contributed by atoms with E-state index in [9.17, 15) is 4.79 Å². The third kappa shape index (κ3) is 14.0. The van der Waals surface area contributed by atoms with Gasteiger partial charge in [-0.2, -0.15) is 0 Å². The Balaban J connectivity index is 3.08. The van der Waals surface area contributed by atoms with Crippen LogP contribution in [0, 0.1) is 5.92 Å². The van der Waals surface area contributed by atoms with Gasteiger partial charge < -0.3 is 14.2 Å². The lowest BCUT2D eigenvalue weighted by atomic mass is 10.1. The normalized spacial score (nSPS) is 11.5. The molecule has 0 rings (SSSR count). The number of carbonyl (C=O) groups is 1. The fourth-order valence-electron chi connectivity index (χ4n) is 1.59. The lowest BCUT2D eigenvalue weighted by Crippen LogP contribution is -2.12. The molecule has 0 aliphatic carbocycles. The lowest BCUT2D eigenvalue weighted by molar-refractivity contribution is -0.123. The molecule has 120 valence electrons. The molecule has 0 N–H and O–H groups in total. The van der Waals surface area contributed by atoms with Gasteiger partial charge in [-0.3, -0.25) is 4.79 Å². The molecule has 0 aromatic heterocycles. The van der Waals surface area contributed by atoms with Crippen molar-refractivity contribution in [3.05, 3.63) is 0 Å². The summed E-state index contributed by atoms with van der Waals surface area (Å²) in [6.07, 6.45) is 4.12. The molecule has 0 unspecified atom stereocenters. The Bertz CT molecular complexity index is 227. The summed E-state index contributed by atoms with van der Waals surface area (Å²) < 4.78 is 16.3. The van der Waals surface area contributed by atoms with Crippen LogP contribution in [0.3, 0.4) is 0 Å². The lowest BCUT2D eigenvalue weighted by Gasteiger charge is -2.08. The first-order valence-corrected chi connectivity index (χ1v) is 7.83. The van der Waals surface area contributed by atoms with Crippen LogP contribution in [0.15, 0.2) is 0 Å². The zero-order chi connectivity index (χ0) is 15.2. The number of unbranched alkanes of at least 4 members (excludes halogenated alkanes) is 2. The smallest absolute Gasteiger partial charge is 0.137 e. The Kier molecular flexibility index (Phi) is 13.2. The number of ether oxygens (including phenoxy) is 3. The summed E-state index contributed by atoms with van der Waals surface area (Å²) in [5.74, 6) is 0.365. The molecule has 0 radical (unpaired) electrons. The molecule has 4 nitrogen and oxygen atoms in total. The number of ketones is 1. The molecule has 0 fully saturated rings. The van der Waals surface area contributed by atoms with Crippen molar-refractivity contribution in [3.8, 4) is 0 Å². The maximum absolute atomic E-state index is 11.3. The highest BCUT2D eigenvalue weighted by Crippen LogP contribution is 2.00. The van der Waals surface area contributed by atoms with Crippen LogP contribution >= 0.6 is 0 Å². The van der Waals surface area contributed by atoms with Gasteiger partial charge in [0.25, 0.3) is 0 Å². The second-order valence-corrected chi connectivity index (χ2v) is 5.58. The van der Waals surface area contributed by atoms with E-state index < -0.39 is 0 Å². The van der Waals surface area contributed by atoms with Crippen LogP contribution in [0.4, 0.5) is 0 Å². The van der Waals surface area contributed by atoms with Crippen molar-refractivity contribution in [2.45, 2.75) is 59.5 Å². The van der Waals surface area contributed by atoms with E-state index in [0.717, 1.165) is 32.5 Å². The van der Waals surface area contributed by atoms with Gasteiger partial charge in [0.05, 0.1) is 25.9 Å². The highest BCUT2D eigenvalue weighted by molar-refractivity contribution is 5.80. The fourth-order valence-corrected chi connectivity index (χ4v) is 1.59. The summed E-state index contributed by atoms with van der Waals surface area (Å²) in [5, 5.41) is 0. The molecule has 0 aromatic rings. The van der Waals surface area contributed by atoms with E-state index in [0.29, 0.717) is 32.3 Å². The fraction of sp³-hybridized carbons (Fsp3) is 0.938. The Hall–Kier alpha value is -0.450. The SMILES string of the molecule is CC(C)OCCCCCOCCOCCC(=O)C(C)C. The van der Waals surface area contributed by atoms with Gasteiger partial charge in [0, 0.05) is 25.6 Å². The van der Waals surface area contributed by atoms with Gasteiger partial charge in [0.2, 0.25) is 0 Å². The number of carbonyl (C=O) groups excluding carboxylic acids is 1. The number of hydrogen-bond donors (Lipinski definition) is 0. The highest BCUT2D eigenvalue weighted by Gasteiger charge is 2.05. The van der Waals surface area contributed by atoms with Gasteiger partial charge in [-0.1, -0.05) is 13.8 Å². The van der Waals surface area contributed by atoms with Gasteiger partial charge in [-0.25, -0.2) is 0 Å². The van der Waals surface area contributed by atoms with Crippen molar-refractivity contribution in [1.82, 2.24) is 0 Å². The minimum absolute atomic E-state index is 0.106. The molecular formula is C16H32O4. The Morgan fingerprint density at radius 1 is 0.800 bits per heavy atom. The first kappa shape index (κ1) is 19.6. The molecule has 0 bridgehead atoms. The summed E-state index contributed by atoms with van der Waals surface area (Å²) in [6, 6.07) is 0. The van der Waals surface area contributed by atoms with Crippen LogP contribution in [-0.2, 0) is 19.0 Å². The van der Waals surface area contributed by atoms with Gasteiger partial charge in [0.1, 0.15) is 5.78 Å². The Morgan fingerprint density at radius 3 is 2.00 bits per heavy atom. The van der Waals surface area contributed by atoms with E-state index in [2.05, 4.69) is 13.8 Å². The van der Waals surface area contributed by atoms with E-state index in [-0.39, 0.29) is 11.7 Å². The van der Waals surface area contributed by atoms with Crippen molar-refractivity contribution in [2.24, 2.45) is 5.92 Å². The first-order chi connectivity index (χ1) is 9.54. The molecule has 0 heterocycles. The van der Waals surface area contributed by atoms with Crippen LogP contribution in [-0.4, -0.2) is 44.9 Å². The van der Waals surface area contributed by atoms with Gasteiger partial charge in [-0.05, 0) is 33.1 Å². The van der Waals surface area contributed by atoms with Crippen LogP contribution in [0.1, 0.15) is 53.4 Å². The second kappa shape index (κ2) is 13.5. The highest BCUT2D eigenvalue weighted by atomic mass is 16.5. The summed E-state index contributed by atoms with van der Waals surface area (Å²) in [4.78, 5) is 11.3. The number of rotatable bonds is 14. The van der Waals surface area contributed by atoms with Gasteiger partial charge in [0.15, 0.2) is 0 Å². The minimum atomic E-state index is 0.106. The topological polar surface area (TPSA) is 44.8 Å². The first-order valence-electron chi connectivity index (χ1n) is 7.83. The van der Waals surface area contributed by atoms with Crippen LogP contribution in [0.25, 0.3) is 0 Å². The second-order valence-electron chi connectivity index (χ2n) is 5.58. The van der Waals surface area contributed by atoms with E-state index in [1.807, 2.05) is 13.8 Å². The van der Waals surface area contributed by atoms with E-state index >= 15 is 0 Å². The summed E-state index contributed by atoms with van der Waals surface area (Å²) in [5.41, 5.74) is 0. The quantitative estimate of drug-likeness (QED) is 0.460. The van der Waals surface area contributed by atoms with Crippen molar-refractivity contribution in [1.29, 1.82) is 0 Å². The average molecular weight is 288 g/mol. The van der Waals surface area contributed by atoms with Crippen LogP contribution < -0.4 is 0 Å². The predicted octanol–water partition coefficient (Wildman–Crippen LogP) is 3.23. The standard InChI is InChI=1S/C16H32O4/c1-14(2)16(17)8-11-19-13-12-18-9-6-5-7-10-20-15(3)4/h14-15H,5-13H2,1-4H3.